The van der Waals surface area contributed by atoms with Crippen LogP contribution in [0.3, 0.4) is 0 Å². The number of nitrogens with zero attached hydrogens (tertiary/aromatic N) is 1. The van der Waals surface area contributed by atoms with Gasteiger partial charge in [0.05, 0.1) is 6.17 Å². The van der Waals surface area contributed by atoms with Gasteiger partial charge in [-0.15, -0.1) is 12.3 Å². The molecule has 0 aromatic heterocycles. The fraction of sp³-hybridized carbons (Fsp3) is 0.700. The standard InChI is InChI=1S/C10H14N2O2/c1-2-7-6-12-4-3-8(7)5-9(12)11-10(13)14/h1,7-9,11H,3-6H2,(H,13,14)/t7-,8+,9+/m1/s1. The van der Waals surface area contributed by atoms with E-state index in [0.29, 0.717) is 11.8 Å². The Morgan fingerprint density at radius 3 is 2.93 bits per heavy atom. The van der Waals surface area contributed by atoms with Crippen LogP contribution >= 0.6 is 0 Å². The van der Waals surface area contributed by atoms with Crippen molar-refractivity contribution in [1.29, 1.82) is 0 Å². The number of rotatable bonds is 1. The summed E-state index contributed by atoms with van der Waals surface area (Å²) in [4.78, 5) is 12.7. The van der Waals surface area contributed by atoms with Crippen molar-refractivity contribution in [2.75, 3.05) is 13.1 Å². The lowest BCUT2D eigenvalue weighted by molar-refractivity contribution is 0.00843. The minimum Gasteiger partial charge on any atom is -0.465 e. The first-order valence-electron chi connectivity index (χ1n) is 4.90. The molecule has 0 aromatic carbocycles. The highest BCUT2D eigenvalue weighted by atomic mass is 16.4. The second-order valence-corrected chi connectivity index (χ2v) is 4.02. The quantitative estimate of drug-likeness (QED) is 0.599. The zero-order valence-corrected chi connectivity index (χ0v) is 7.94. The van der Waals surface area contributed by atoms with Gasteiger partial charge in [-0.25, -0.2) is 4.79 Å². The van der Waals surface area contributed by atoms with Crippen LogP contribution in [0.25, 0.3) is 0 Å². The molecular formula is C10H14N2O2. The number of terminal acetylenes is 1. The summed E-state index contributed by atoms with van der Waals surface area (Å²) in [6.07, 6.45) is 6.43. The highest BCUT2D eigenvalue weighted by molar-refractivity contribution is 5.64. The molecule has 3 rings (SSSR count). The second kappa shape index (κ2) is 3.50. The van der Waals surface area contributed by atoms with Crippen LogP contribution in [0, 0.1) is 24.2 Å². The molecule has 3 aliphatic rings. The van der Waals surface area contributed by atoms with Gasteiger partial charge in [-0.05, 0) is 18.8 Å². The fourth-order valence-corrected chi connectivity index (χ4v) is 2.51. The van der Waals surface area contributed by atoms with Crippen LogP contribution in [0.15, 0.2) is 0 Å². The molecular weight excluding hydrogens is 180 g/mol. The predicted molar refractivity (Wildman–Crippen MR) is 51.6 cm³/mol. The summed E-state index contributed by atoms with van der Waals surface area (Å²) in [6.45, 7) is 1.81. The molecule has 14 heavy (non-hydrogen) atoms. The highest BCUT2D eigenvalue weighted by Crippen LogP contribution is 2.34. The largest absolute Gasteiger partial charge is 0.465 e. The summed E-state index contributed by atoms with van der Waals surface area (Å²) in [5.74, 6) is 3.61. The van der Waals surface area contributed by atoms with Crippen molar-refractivity contribution in [3.63, 3.8) is 0 Å². The summed E-state index contributed by atoms with van der Waals surface area (Å²) in [5, 5.41) is 11.2. The summed E-state index contributed by atoms with van der Waals surface area (Å²) < 4.78 is 0. The molecule has 76 valence electrons. The molecule has 3 saturated heterocycles. The topological polar surface area (TPSA) is 52.6 Å². The van der Waals surface area contributed by atoms with Crippen molar-refractivity contribution in [3.8, 4) is 12.3 Å². The lowest BCUT2D eigenvalue weighted by atomic mass is 9.78. The molecule has 2 N–H and O–H groups in total. The first-order chi connectivity index (χ1) is 6.70. The zero-order chi connectivity index (χ0) is 10.1. The molecule has 0 aromatic rings. The first kappa shape index (κ1) is 9.35. The van der Waals surface area contributed by atoms with Crippen molar-refractivity contribution >= 4 is 6.09 Å². The van der Waals surface area contributed by atoms with Gasteiger partial charge in [0, 0.05) is 19.0 Å². The number of fused-ring (bicyclic) bond motifs is 3. The number of piperidine rings is 3. The molecule has 4 nitrogen and oxygen atoms in total. The normalized spacial score (nSPS) is 40.2. The van der Waals surface area contributed by atoms with Crippen LogP contribution < -0.4 is 5.32 Å². The Morgan fingerprint density at radius 1 is 1.64 bits per heavy atom. The lowest BCUT2D eigenvalue weighted by Gasteiger charge is -2.47. The zero-order valence-electron chi connectivity index (χ0n) is 7.94. The Bertz CT molecular complexity index is 284. The Kier molecular flexibility index (Phi) is 2.34. The molecule has 4 atom stereocenters. The van der Waals surface area contributed by atoms with Gasteiger partial charge >= 0.3 is 6.09 Å². The van der Waals surface area contributed by atoms with E-state index in [-0.39, 0.29) is 6.17 Å². The van der Waals surface area contributed by atoms with Crippen LogP contribution in [0.5, 0.6) is 0 Å². The Balaban J connectivity index is 2.01. The third kappa shape index (κ3) is 1.55. The molecule has 1 amide bonds. The van der Waals surface area contributed by atoms with Crippen LogP contribution in [-0.2, 0) is 0 Å². The van der Waals surface area contributed by atoms with Crippen molar-refractivity contribution in [1.82, 2.24) is 10.2 Å². The van der Waals surface area contributed by atoms with Gasteiger partial charge in [-0.3, -0.25) is 4.90 Å². The maximum atomic E-state index is 10.5. The molecule has 3 aliphatic heterocycles. The smallest absolute Gasteiger partial charge is 0.405 e. The number of carbonyl (C=O) groups is 1. The molecule has 3 fully saturated rings. The van der Waals surface area contributed by atoms with Crippen molar-refractivity contribution in [2.45, 2.75) is 19.0 Å². The summed E-state index contributed by atoms with van der Waals surface area (Å²) in [5.41, 5.74) is 0. The van der Waals surface area contributed by atoms with E-state index in [1.807, 2.05) is 0 Å². The Hall–Kier alpha value is -1.21. The third-order valence-corrected chi connectivity index (χ3v) is 3.26. The van der Waals surface area contributed by atoms with Gasteiger partial charge in [0.2, 0.25) is 0 Å². The van der Waals surface area contributed by atoms with E-state index in [4.69, 9.17) is 11.5 Å². The molecule has 0 spiro atoms. The average molecular weight is 194 g/mol. The van der Waals surface area contributed by atoms with Crippen LogP contribution in [-0.4, -0.2) is 35.4 Å². The molecule has 0 aliphatic carbocycles. The SMILES string of the molecule is C#C[C@@H]1CN2CC[C@H]1C[C@H]2NC(=O)O. The van der Waals surface area contributed by atoms with Crippen molar-refractivity contribution in [3.05, 3.63) is 0 Å². The monoisotopic (exact) mass is 194 g/mol. The maximum Gasteiger partial charge on any atom is 0.405 e. The summed E-state index contributed by atoms with van der Waals surface area (Å²) >= 11 is 0. The summed E-state index contributed by atoms with van der Waals surface area (Å²) in [6, 6.07) is 0. The molecule has 3 heterocycles. The molecule has 1 unspecified atom stereocenters. The molecule has 2 bridgehead atoms. The highest BCUT2D eigenvalue weighted by Gasteiger charge is 2.39. The van der Waals surface area contributed by atoms with Gasteiger partial charge in [0.1, 0.15) is 0 Å². The van der Waals surface area contributed by atoms with Gasteiger partial charge in [0.15, 0.2) is 0 Å². The Morgan fingerprint density at radius 2 is 2.43 bits per heavy atom. The first-order valence-corrected chi connectivity index (χ1v) is 4.90. The Labute approximate surface area is 83.3 Å². The van der Waals surface area contributed by atoms with E-state index >= 15 is 0 Å². The second-order valence-electron chi connectivity index (χ2n) is 4.02. The lowest BCUT2D eigenvalue weighted by Crippen LogP contribution is -2.59. The number of amides is 1. The van der Waals surface area contributed by atoms with E-state index in [1.54, 1.807) is 0 Å². The van der Waals surface area contributed by atoms with Crippen LogP contribution in [0.2, 0.25) is 0 Å². The minimum absolute atomic E-state index is 0.0177. The third-order valence-electron chi connectivity index (χ3n) is 3.26. The number of hydrogen-bond acceptors (Lipinski definition) is 2. The van der Waals surface area contributed by atoms with Crippen molar-refractivity contribution in [2.24, 2.45) is 11.8 Å². The maximum absolute atomic E-state index is 10.5. The van der Waals surface area contributed by atoms with Gasteiger partial charge in [-0.1, -0.05) is 0 Å². The number of carboxylic acid groups (broad SMARTS) is 1. The number of hydrogen-bond donors (Lipinski definition) is 2. The fourth-order valence-electron chi connectivity index (χ4n) is 2.51. The van der Waals surface area contributed by atoms with Gasteiger partial charge < -0.3 is 10.4 Å². The van der Waals surface area contributed by atoms with Crippen LogP contribution in [0.4, 0.5) is 4.79 Å². The minimum atomic E-state index is -0.945. The van der Waals surface area contributed by atoms with E-state index in [1.165, 1.54) is 0 Å². The van der Waals surface area contributed by atoms with Gasteiger partial charge in [0.25, 0.3) is 0 Å². The van der Waals surface area contributed by atoms with E-state index < -0.39 is 6.09 Å². The average Bonchev–Trinajstić information content (AvgIpc) is 2.17. The molecule has 0 radical (unpaired) electrons. The van der Waals surface area contributed by atoms with Gasteiger partial charge in [-0.2, -0.15) is 0 Å². The summed E-state index contributed by atoms with van der Waals surface area (Å²) in [7, 11) is 0. The molecule has 4 heteroatoms. The van der Waals surface area contributed by atoms with E-state index in [0.717, 1.165) is 25.9 Å². The van der Waals surface area contributed by atoms with E-state index in [9.17, 15) is 4.79 Å². The number of nitrogens with one attached hydrogen (secondary N) is 1. The van der Waals surface area contributed by atoms with E-state index in [2.05, 4.69) is 16.1 Å². The predicted octanol–water partition coefficient (Wildman–Crippen LogP) is 0.555. The van der Waals surface area contributed by atoms with Crippen LogP contribution in [0.1, 0.15) is 12.8 Å². The molecule has 0 saturated carbocycles. The van der Waals surface area contributed by atoms with Crippen molar-refractivity contribution < 1.29 is 9.90 Å².